The zero-order valence-electron chi connectivity index (χ0n) is 10.1. The van der Waals surface area contributed by atoms with Crippen LogP contribution in [-0.4, -0.2) is 24.7 Å². The first kappa shape index (κ1) is 11.9. The van der Waals surface area contributed by atoms with Gasteiger partial charge in [0, 0.05) is 18.5 Å². The van der Waals surface area contributed by atoms with Crippen LogP contribution in [0.15, 0.2) is 16.5 Å². The van der Waals surface area contributed by atoms with E-state index in [4.69, 9.17) is 11.6 Å². The van der Waals surface area contributed by atoms with Crippen LogP contribution in [0.3, 0.4) is 0 Å². The Kier molecular flexibility index (Phi) is 2.99. The average Bonchev–Trinajstić information content (AvgIpc) is 3.11. The molecular formula is C11H12ClN5S. The van der Waals surface area contributed by atoms with Crippen molar-refractivity contribution in [2.75, 3.05) is 0 Å². The molecule has 1 aliphatic rings. The standard InChI is InChI=1S/C11H12ClN5S/c1-6-8(12)14-9(7-3-4-7)15-10(6)18-11-16-13-5-17(11)2/h5,7H,3-4H2,1-2H3. The molecular weight excluding hydrogens is 270 g/mol. The van der Waals surface area contributed by atoms with Gasteiger partial charge in [-0.25, -0.2) is 9.97 Å². The van der Waals surface area contributed by atoms with E-state index in [9.17, 15) is 0 Å². The molecule has 3 rings (SSSR count). The molecule has 0 radical (unpaired) electrons. The van der Waals surface area contributed by atoms with Crippen LogP contribution in [0.1, 0.15) is 30.1 Å². The van der Waals surface area contributed by atoms with Crippen molar-refractivity contribution in [3.05, 3.63) is 22.9 Å². The molecule has 0 aromatic carbocycles. The average molecular weight is 282 g/mol. The van der Waals surface area contributed by atoms with Gasteiger partial charge in [0.15, 0.2) is 5.16 Å². The Morgan fingerprint density at radius 1 is 1.39 bits per heavy atom. The van der Waals surface area contributed by atoms with Crippen LogP contribution in [0.25, 0.3) is 0 Å². The van der Waals surface area contributed by atoms with Gasteiger partial charge in [-0.1, -0.05) is 11.6 Å². The van der Waals surface area contributed by atoms with Crippen LogP contribution in [-0.2, 0) is 7.05 Å². The monoisotopic (exact) mass is 281 g/mol. The largest absolute Gasteiger partial charge is 0.311 e. The number of nitrogens with zero attached hydrogens (tertiary/aromatic N) is 5. The van der Waals surface area contributed by atoms with E-state index in [0.29, 0.717) is 11.1 Å². The smallest absolute Gasteiger partial charge is 0.197 e. The minimum absolute atomic E-state index is 0.488. The predicted octanol–water partition coefficient (Wildman–Crippen LogP) is 2.60. The summed E-state index contributed by atoms with van der Waals surface area (Å²) in [6, 6.07) is 0. The van der Waals surface area contributed by atoms with Gasteiger partial charge in [-0.15, -0.1) is 10.2 Å². The van der Waals surface area contributed by atoms with Gasteiger partial charge in [0.2, 0.25) is 0 Å². The molecule has 7 heteroatoms. The highest BCUT2D eigenvalue weighted by atomic mass is 35.5. The van der Waals surface area contributed by atoms with Crippen molar-refractivity contribution >= 4 is 23.4 Å². The summed E-state index contributed by atoms with van der Waals surface area (Å²) < 4.78 is 1.86. The molecule has 0 bridgehead atoms. The van der Waals surface area contributed by atoms with Gasteiger partial charge >= 0.3 is 0 Å². The van der Waals surface area contributed by atoms with E-state index < -0.39 is 0 Å². The molecule has 2 heterocycles. The van der Waals surface area contributed by atoms with Gasteiger partial charge in [0.25, 0.3) is 0 Å². The van der Waals surface area contributed by atoms with Crippen LogP contribution >= 0.6 is 23.4 Å². The van der Waals surface area contributed by atoms with Crippen LogP contribution in [0.4, 0.5) is 0 Å². The zero-order valence-corrected chi connectivity index (χ0v) is 11.7. The van der Waals surface area contributed by atoms with Gasteiger partial charge in [0.05, 0.1) is 0 Å². The maximum absolute atomic E-state index is 6.16. The van der Waals surface area contributed by atoms with Gasteiger partial charge in [-0.05, 0) is 31.5 Å². The maximum atomic E-state index is 6.16. The number of hydrogen-bond donors (Lipinski definition) is 0. The number of aryl methyl sites for hydroxylation is 1. The Morgan fingerprint density at radius 3 is 2.78 bits per heavy atom. The summed E-state index contributed by atoms with van der Waals surface area (Å²) in [7, 11) is 1.91. The predicted molar refractivity (Wildman–Crippen MR) is 68.9 cm³/mol. The van der Waals surface area contributed by atoms with E-state index >= 15 is 0 Å². The third-order valence-electron chi connectivity index (χ3n) is 2.86. The first-order valence-corrected chi connectivity index (χ1v) is 6.90. The Morgan fingerprint density at radius 2 is 2.17 bits per heavy atom. The second kappa shape index (κ2) is 4.51. The Balaban J connectivity index is 1.97. The van der Waals surface area contributed by atoms with Gasteiger partial charge in [-0.3, -0.25) is 0 Å². The SMILES string of the molecule is Cc1c(Cl)nc(C2CC2)nc1Sc1nncn1C. The molecule has 0 saturated heterocycles. The molecule has 0 amide bonds. The number of halogens is 1. The Hall–Kier alpha value is -1.14. The fraction of sp³-hybridized carbons (Fsp3) is 0.455. The summed E-state index contributed by atoms with van der Waals surface area (Å²) in [6.45, 7) is 1.93. The topological polar surface area (TPSA) is 56.5 Å². The van der Waals surface area contributed by atoms with Crippen molar-refractivity contribution in [3.63, 3.8) is 0 Å². The summed E-state index contributed by atoms with van der Waals surface area (Å²) in [4.78, 5) is 8.94. The lowest BCUT2D eigenvalue weighted by molar-refractivity contribution is 0.783. The van der Waals surface area contributed by atoms with Crippen LogP contribution < -0.4 is 0 Å². The van der Waals surface area contributed by atoms with E-state index in [1.807, 2.05) is 18.5 Å². The first-order valence-electron chi connectivity index (χ1n) is 5.71. The minimum Gasteiger partial charge on any atom is -0.311 e. The van der Waals surface area contributed by atoms with Crippen molar-refractivity contribution < 1.29 is 0 Å². The highest BCUT2D eigenvalue weighted by Gasteiger charge is 2.28. The van der Waals surface area contributed by atoms with Gasteiger partial charge in [-0.2, -0.15) is 0 Å². The summed E-state index contributed by atoms with van der Waals surface area (Å²) in [5.74, 6) is 1.34. The molecule has 2 aromatic rings. The fourth-order valence-electron chi connectivity index (χ4n) is 1.56. The van der Waals surface area contributed by atoms with Gasteiger partial charge in [0.1, 0.15) is 22.3 Å². The van der Waals surface area contributed by atoms with Crippen LogP contribution in [0.5, 0.6) is 0 Å². The summed E-state index contributed by atoms with van der Waals surface area (Å²) in [5.41, 5.74) is 0.897. The number of aromatic nitrogens is 5. The third-order valence-corrected chi connectivity index (χ3v) is 4.37. The Bertz CT molecular complexity index is 593. The molecule has 0 atom stereocenters. The molecule has 18 heavy (non-hydrogen) atoms. The lowest BCUT2D eigenvalue weighted by Crippen LogP contribution is -1.99. The molecule has 0 aliphatic heterocycles. The summed E-state index contributed by atoms with van der Waals surface area (Å²) in [6.07, 6.45) is 3.99. The number of rotatable bonds is 3. The van der Waals surface area contributed by atoms with Crippen molar-refractivity contribution in [1.29, 1.82) is 0 Å². The minimum atomic E-state index is 0.488. The molecule has 0 spiro atoms. The molecule has 1 fully saturated rings. The molecule has 94 valence electrons. The van der Waals surface area contributed by atoms with E-state index in [0.717, 1.165) is 34.4 Å². The highest BCUT2D eigenvalue weighted by Crippen LogP contribution is 2.40. The highest BCUT2D eigenvalue weighted by molar-refractivity contribution is 7.99. The normalized spacial score (nSPS) is 15.1. The van der Waals surface area contributed by atoms with Crippen molar-refractivity contribution in [2.24, 2.45) is 7.05 Å². The Labute approximate surface area is 114 Å². The molecule has 0 unspecified atom stereocenters. The lowest BCUT2D eigenvalue weighted by Gasteiger charge is -2.07. The third kappa shape index (κ3) is 2.22. The quantitative estimate of drug-likeness (QED) is 0.810. The molecule has 2 aromatic heterocycles. The van der Waals surface area contributed by atoms with Crippen molar-refractivity contribution in [1.82, 2.24) is 24.7 Å². The van der Waals surface area contributed by atoms with E-state index in [-0.39, 0.29) is 0 Å². The second-order valence-corrected chi connectivity index (χ2v) is 5.72. The number of hydrogen-bond acceptors (Lipinski definition) is 5. The van der Waals surface area contributed by atoms with Crippen molar-refractivity contribution in [3.8, 4) is 0 Å². The molecule has 0 N–H and O–H groups in total. The second-order valence-electron chi connectivity index (χ2n) is 4.40. The van der Waals surface area contributed by atoms with E-state index in [1.165, 1.54) is 11.8 Å². The van der Waals surface area contributed by atoms with Gasteiger partial charge < -0.3 is 4.57 Å². The van der Waals surface area contributed by atoms with E-state index in [2.05, 4.69) is 20.2 Å². The van der Waals surface area contributed by atoms with E-state index in [1.54, 1.807) is 6.33 Å². The summed E-state index contributed by atoms with van der Waals surface area (Å²) >= 11 is 7.64. The lowest BCUT2D eigenvalue weighted by atomic mass is 10.3. The zero-order chi connectivity index (χ0) is 12.7. The molecule has 1 aliphatic carbocycles. The van der Waals surface area contributed by atoms with Crippen molar-refractivity contribution in [2.45, 2.75) is 35.9 Å². The van der Waals surface area contributed by atoms with Crippen LogP contribution in [0, 0.1) is 6.92 Å². The van der Waals surface area contributed by atoms with Crippen LogP contribution in [0.2, 0.25) is 5.15 Å². The molecule has 1 saturated carbocycles. The maximum Gasteiger partial charge on any atom is 0.197 e. The first-order chi connectivity index (χ1) is 8.65. The fourth-order valence-corrected chi connectivity index (χ4v) is 2.63. The summed E-state index contributed by atoms with van der Waals surface area (Å²) in [5, 5.41) is 10.1. The molecule has 5 nitrogen and oxygen atoms in total.